The average molecular weight is 210 g/mol. The van der Waals surface area contributed by atoms with Gasteiger partial charge in [0.15, 0.2) is 0 Å². The van der Waals surface area contributed by atoms with Crippen molar-refractivity contribution in [3.05, 3.63) is 0 Å². The highest BCUT2D eigenvalue weighted by atomic mass is 16.3. The second kappa shape index (κ2) is 2.85. The van der Waals surface area contributed by atoms with E-state index in [0.717, 1.165) is 12.8 Å². The van der Waals surface area contributed by atoms with Gasteiger partial charge in [0.25, 0.3) is 0 Å². The van der Waals surface area contributed by atoms with Gasteiger partial charge in [-0.1, -0.05) is 20.8 Å². The number of fused-ring (bicyclic) bond motifs is 2. The number of ketones is 1. The van der Waals surface area contributed by atoms with Crippen LogP contribution in [0.1, 0.15) is 53.4 Å². The number of hydrogen-bond acceptors (Lipinski definition) is 2. The standard InChI is InChI=1S/C13H22O2/c1-9(14)7-13(15)11(2,3)10-5-6-12(13,4)8-10/h10,15H,5-8H2,1-4H3/t10-,12+,13+/m0/s1. The number of carbonyl (C=O) groups is 1. The van der Waals surface area contributed by atoms with Gasteiger partial charge >= 0.3 is 0 Å². The van der Waals surface area contributed by atoms with Crippen molar-refractivity contribution in [3.63, 3.8) is 0 Å². The molecule has 0 aliphatic heterocycles. The Labute approximate surface area is 92.1 Å². The van der Waals surface area contributed by atoms with Crippen LogP contribution < -0.4 is 0 Å². The summed E-state index contributed by atoms with van der Waals surface area (Å²) in [4.78, 5) is 11.4. The molecule has 2 rings (SSSR count). The fourth-order valence-electron chi connectivity index (χ4n) is 4.15. The lowest BCUT2D eigenvalue weighted by Gasteiger charge is -2.50. The number of Topliss-reactive ketones (excluding diaryl/α,β-unsaturated/α-hetero) is 1. The molecule has 2 aliphatic rings. The molecule has 2 bridgehead atoms. The summed E-state index contributed by atoms with van der Waals surface area (Å²) in [7, 11) is 0. The Bertz CT molecular complexity index is 301. The SMILES string of the molecule is CC(=O)C[C@@]1(O)C(C)(C)[C@H]2CC[C@]1(C)C2. The molecule has 0 amide bonds. The van der Waals surface area contributed by atoms with Crippen molar-refractivity contribution >= 4 is 5.78 Å². The third-order valence-electron chi connectivity index (χ3n) is 5.33. The second-order valence-electron chi connectivity index (χ2n) is 6.46. The third-order valence-corrected chi connectivity index (χ3v) is 5.33. The van der Waals surface area contributed by atoms with Crippen LogP contribution in [0.5, 0.6) is 0 Å². The Balaban J connectivity index is 2.40. The number of aliphatic hydroxyl groups is 1. The molecule has 0 unspecified atom stereocenters. The molecule has 0 aromatic heterocycles. The van der Waals surface area contributed by atoms with Gasteiger partial charge in [0, 0.05) is 6.42 Å². The monoisotopic (exact) mass is 210 g/mol. The number of rotatable bonds is 2. The Morgan fingerprint density at radius 1 is 1.40 bits per heavy atom. The Morgan fingerprint density at radius 2 is 2.00 bits per heavy atom. The van der Waals surface area contributed by atoms with E-state index in [1.54, 1.807) is 6.92 Å². The van der Waals surface area contributed by atoms with E-state index in [4.69, 9.17) is 0 Å². The molecular formula is C13H22O2. The van der Waals surface area contributed by atoms with Gasteiger partial charge in [-0.3, -0.25) is 4.79 Å². The van der Waals surface area contributed by atoms with Crippen molar-refractivity contribution in [2.45, 2.75) is 59.0 Å². The van der Waals surface area contributed by atoms with E-state index in [-0.39, 0.29) is 16.6 Å². The lowest BCUT2D eigenvalue weighted by atomic mass is 9.58. The molecule has 1 N–H and O–H groups in total. The van der Waals surface area contributed by atoms with E-state index in [9.17, 15) is 9.90 Å². The maximum atomic E-state index is 11.4. The predicted molar refractivity (Wildman–Crippen MR) is 59.5 cm³/mol. The maximum absolute atomic E-state index is 11.4. The molecule has 2 saturated carbocycles. The first-order chi connectivity index (χ1) is 6.73. The summed E-state index contributed by atoms with van der Waals surface area (Å²) in [5.41, 5.74) is -0.923. The molecular weight excluding hydrogens is 188 g/mol. The summed E-state index contributed by atoms with van der Waals surface area (Å²) < 4.78 is 0. The van der Waals surface area contributed by atoms with Gasteiger partial charge < -0.3 is 5.11 Å². The minimum Gasteiger partial charge on any atom is -0.388 e. The molecule has 0 saturated heterocycles. The van der Waals surface area contributed by atoms with Crippen molar-refractivity contribution in [3.8, 4) is 0 Å². The van der Waals surface area contributed by atoms with Gasteiger partial charge in [-0.25, -0.2) is 0 Å². The first-order valence-electron chi connectivity index (χ1n) is 5.95. The molecule has 2 fully saturated rings. The maximum Gasteiger partial charge on any atom is 0.132 e. The van der Waals surface area contributed by atoms with Crippen molar-refractivity contribution in [2.75, 3.05) is 0 Å². The highest BCUT2D eigenvalue weighted by molar-refractivity contribution is 5.77. The second-order valence-corrected chi connectivity index (χ2v) is 6.46. The highest BCUT2D eigenvalue weighted by Gasteiger charge is 2.68. The summed E-state index contributed by atoms with van der Waals surface area (Å²) in [6, 6.07) is 0. The van der Waals surface area contributed by atoms with E-state index >= 15 is 0 Å². The molecule has 2 nitrogen and oxygen atoms in total. The summed E-state index contributed by atoms with van der Waals surface area (Å²) in [5.74, 6) is 0.700. The third kappa shape index (κ3) is 1.17. The van der Waals surface area contributed by atoms with Crippen LogP contribution in [-0.2, 0) is 4.79 Å². The summed E-state index contributed by atoms with van der Waals surface area (Å²) >= 11 is 0. The van der Waals surface area contributed by atoms with Crippen LogP contribution >= 0.6 is 0 Å². The van der Waals surface area contributed by atoms with Crippen molar-refractivity contribution in [1.82, 2.24) is 0 Å². The lowest BCUT2D eigenvalue weighted by Crippen LogP contribution is -2.55. The minimum absolute atomic E-state index is 0.0349. The Morgan fingerprint density at radius 3 is 2.40 bits per heavy atom. The van der Waals surface area contributed by atoms with E-state index in [1.165, 1.54) is 6.42 Å². The molecule has 0 aromatic rings. The highest BCUT2D eigenvalue weighted by Crippen LogP contribution is 2.68. The van der Waals surface area contributed by atoms with Gasteiger partial charge in [0.2, 0.25) is 0 Å². The smallest absolute Gasteiger partial charge is 0.132 e. The molecule has 0 radical (unpaired) electrons. The fourth-order valence-corrected chi connectivity index (χ4v) is 4.15. The van der Waals surface area contributed by atoms with Crippen LogP contribution in [0.4, 0.5) is 0 Å². The topological polar surface area (TPSA) is 37.3 Å². The normalized spacial score (nSPS) is 47.1. The van der Waals surface area contributed by atoms with Gasteiger partial charge in [0.1, 0.15) is 5.78 Å². The summed E-state index contributed by atoms with van der Waals surface area (Å²) in [6.45, 7) is 8.00. The zero-order valence-electron chi connectivity index (χ0n) is 10.3. The molecule has 2 aliphatic carbocycles. The molecule has 2 heteroatoms. The molecule has 15 heavy (non-hydrogen) atoms. The molecule has 86 valence electrons. The lowest BCUT2D eigenvalue weighted by molar-refractivity contribution is -0.158. The molecule has 0 aromatic carbocycles. The van der Waals surface area contributed by atoms with Crippen LogP contribution in [0.2, 0.25) is 0 Å². The Hall–Kier alpha value is -0.370. The van der Waals surface area contributed by atoms with Crippen LogP contribution in [0.3, 0.4) is 0 Å². The summed E-state index contributed by atoms with van der Waals surface area (Å²) in [5, 5.41) is 10.9. The van der Waals surface area contributed by atoms with E-state index in [2.05, 4.69) is 20.8 Å². The van der Waals surface area contributed by atoms with Gasteiger partial charge in [0.05, 0.1) is 5.60 Å². The zero-order valence-corrected chi connectivity index (χ0v) is 10.3. The van der Waals surface area contributed by atoms with E-state index < -0.39 is 5.60 Å². The van der Waals surface area contributed by atoms with Crippen LogP contribution in [0.15, 0.2) is 0 Å². The largest absolute Gasteiger partial charge is 0.388 e. The van der Waals surface area contributed by atoms with Crippen LogP contribution in [0, 0.1) is 16.7 Å². The number of carbonyl (C=O) groups excluding carboxylic acids is 1. The first-order valence-corrected chi connectivity index (χ1v) is 5.95. The van der Waals surface area contributed by atoms with E-state index in [1.807, 2.05) is 0 Å². The minimum atomic E-state index is -0.783. The zero-order chi connectivity index (χ0) is 11.5. The van der Waals surface area contributed by atoms with Gasteiger partial charge in [-0.2, -0.15) is 0 Å². The predicted octanol–water partition coefficient (Wildman–Crippen LogP) is 2.54. The first kappa shape index (κ1) is 11.1. The van der Waals surface area contributed by atoms with Crippen LogP contribution in [0.25, 0.3) is 0 Å². The quantitative estimate of drug-likeness (QED) is 0.760. The van der Waals surface area contributed by atoms with Gasteiger partial charge in [-0.15, -0.1) is 0 Å². The molecule has 3 atom stereocenters. The van der Waals surface area contributed by atoms with Crippen molar-refractivity contribution < 1.29 is 9.90 Å². The number of hydrogen-bond donors (Lipinski definition) is 1. The fraction of sp³-hybridized carbons (Fsp3) is 0.923. The summed E-state index contributed by atoms with van der Waals surface area (Å²) in [6.07, 6.45) is 3.70. The van der Waals surface area contributed by atoms with Crippen LogP contribution in [-0.4, -0.2) is 16.5 Å². The Kier molecular flexibility index (Phi) is 2.11. The van der Waals surface area contributed by atoms with E-state index in [0.29, 0.717) is 12.3 Å². The van der Waals surface area contributed by atoms with Gasteiger partial charge in [-0.05, 0) is 42.9 Å². The molecule has 0 spiro atoms. The van der Waals surface area contributed by atoms with Crippen molar-refractivity contribution in [2.24, 2.45) is 16.7 Å². The molecule has 0 heterocycles. The van der Waals surface area contributed by atoms with Crippen molar-refractivity contribution in [1.29, 1.82) is 0 Å². The average Bonchev–Trinajstić information content (AvgIpc) is 2.51.